The molecule has 2 N–H and O–H groups in total. The minimum Gasteiger partial charge on any atom is -0.478 e. The predicted octanol–water partition coefficient (Wildman–Crippen LogP) is 5.00. The number of carboxylic acids is 1. The van der Waals surface area contributed by atoms with Crippen molar-refractivity contribution < 1.29 is 14.7 Å². The van der Waals surface area contributed by atoms with Gasteiger partial charge in [0, 0.05) is 19.5 Å². The Balaban J connectivity index is 1.90. The van der Waals surface area contributed by atoms with Crippen molar-refractivity contribution >= 4 is 35.5 Å². The Kier molecular flexibility index (Phi) is 8.19. The van der Waals surface area contributed by atoms with Gasteiger partial charge in [-0.3, -0.25) is 4.79 Å². The average Bonchev–Trinajstić information content (AvgIpc) is 3.10. The van der Waals surface area contributed by atoms with Gasteiger partial charge in [-0.15, -0.1) is 0 Å². The highest BCUT2D eigenvalue weighted by atomic mass is 32.1. The van der Waals surface area contributed by atoms with Gasteiger partial charge in [0.05, 0.1) is 21.8 Å². The molecule has 1 atom stereocenters. The third-order valence-electron chi connectivity index (χ3n) is 5.66. The summed E-state index contributed by atoms with van der Waals surface area (Å²) < 4.78 is 2.20. The van der Waals surface area contributed by atoms with Gasteiger partial charge in [0.2, 0.25) is 5.91 Å². The molecule has 33 heavy (non-hydrogen) atoms. The van der Waals surface area contributed by atoms with E-state index in [-0.39, 0.29) is 16.7 Å². The first-order valence-electron chi connectivity index (χ1n) is 11.5. The van der Waals surface area contributed by atoms with Crippen molar-refractivity contribution in [3.05, 3.63) is 64.5 Å². The first-order valence-corrected chi connectivity index (χ1v) is 12.0. The van der Waals surface area contributed by atoms with E-state index in [2.05, 4.69) is 55.4 Å². The van der Waals surface area contributed by atoms with Crippen molar-refractivity contribution in [2.24, 2.45) is 5.92 Å². The number of carbonyl (C=O) groups excluding carboxylic acids is 1. The highest BCUT2D eigenvalue weighted by Crippen LogP contribution is 2.24. The molecule has 3 rings (SSSR count). The zero-order chi connectivity index (χ0) is 24.1. The molecule has 176 valence electrons. The lowest BCUT2D eigenvalue weighted by molar-refractivity contribution is -0.120. The molecule has 0 spiro atoms. The van der Waals surface area contributed by atoms with Gasteiger partial charge in [0.15, 0.2) is 0 Å². The van der Waals surface area contributed by atoms with Gasteiger partial charge >= 0.3 is 5.97 Å². The first-order chi connectivity index (χ1) is 15.7. The van der Waals surface area contributed by atoms with Gasteiger partial charge in [0.1, 0.15) is 5.82 Å². The van der Waals surface area contributed by atoms with Gasteiger partial charge in [0.25, 0.3) is 0 Å². The van der Waals surface area contributed by atoms with Crippen molar-refractivity contribution in [1.29, 1.82) is 0 Å². The van der Waals surface area contributed by atoms with Crippen LogP contribution in [0.4, 0.5) is 0 Å². The van der Waals surface area contributed by atoms with Crippen LogP contribution in [-0.2, 0) is 24.3 Å². The fourth-order valence-electron chi connectivity index (χ4n) is 4.00. The molecule has 0 saturated heterocycles. The number of amides is 1. The summed E-state index contributed by atoms with van der Waals surface area (Å²) in [6.45, 7) is 9.38. The third-order valence-corrected chi connectivity index (χ3v) is 6.11. The van der Waals surface area contributed by atoms with E-state index in [1.807, 2.05) is 19.1 Å². The van der Waals surface area contributed by atoms with Crippen molar-refractivity contribution in [2.45, 2.75) is 65.3 Å². The van der Waals surface area contributed by atoms with Crippen LogP contribution in [0.3, 0.4) is 0 Å². The maximum Gasteiger partial charge on any atom is 0.335 e. The second-order valence-corrected chi connectivity index (χ2v) is 9.63. The SMILES string of the molecule is CCCc1nc2c(C)cc(CNC(=O)C(S)CC(C)C)cc2n1Cc1ccc(C(=O)O)cc1. The number of hydrogen-bond acceptors (Lipinski definition) is 4. The van der Waals surface area contributed by atoms with E-state index in [9.17, 15) is 9.59 Å². The highest BCUT2D eigenvalue weighted by molar-refractivity contribution is 7.81. The standard InChI is InChI=1S/C26H33N3O3S/c1-5-6-23-28-24-17(4)12-19(14-27-25(30)22(33)11-16(2)3)13-21(24)29(23)15-18-7-9-20(10-8-18)26(31)32/h7-10,12-13,16,22,33H,5-6,11,14-15H2,1-4H3,(H,27,30)(H,31,32). The Morgan fingerprint density at radius 1 is 1.15 bits per heavy atom. The lowest BCUT2D eigenvalue weighted by Gasteiger charge is -2.14. The Morgan fingerprint density at radius 3 is 2.45 bits per heavy atom. The third kappa shape index (κ3) is 6.16. The topological polar surface area (TPSA) is 84.2 Å². The lowest BCUT2D eigenvalue weighted by Crippen LogP contribution is -2.31. The average molecular weight is 468 g/mol. The summed E-state index contributed by atoms with van der Waals surface area (Å²) in [5.41, 5.74) is 5.36. The Morgan fingerprint density at radius 2 is 1.85 bits per heavy atom. The molecule has 1 heterocycles. The summed E-state index contributed by atoms with van der Waals surface area (Å²) in [7, 11) is 0. The number of aromatic nitrogens is 2. The van der Waals surface area contributed by atoms with Crippen LogP contribution in [0.1, 0.15) is 66.5 Å². The molecule has 0 saturated carbocycles. The van der Waals surface area contributed by atoms with Crippen LogP contribution in [-0.4, -0.2) is 31.8 Å². The van der Waals surface area contributed by atoms with Crippen LogP contribution >= 0.6 is 12.6 Å². The normalized spacial score (nSPS) is 12.3. The van der Waals surface area contributed by atoms with E-state index in [0.717, 1.165) is 52.8 Å². The van der Waals surface area contributed by atoms with Crippen LogP contribution in [0.5, 0.6) is 0 Å². The fraction of sp³-hybridized carbons (Fsp3) is 0.423. The predicted molar refractivity (Wildman–Crippen MR) is 135 cm³/mol. The highest BCUT2D eigenvalue weighted by Gasteiger charge is 2.17. The summed E-state index contributed by atoms with van der Waals surface area (Å²) in [6.07, 6.45) is 2.56. The molecule has 1 amide bonds. The molecular formula is C26H33N3O3S. The monoisotopic (exact) mass is 467 g/mol. The number of carbonyl (C=O) groups is 2. The van der Waals surface area contributed by atoms with Crippen molar-refractivity contribution in [3.8, 4) is 0 Å². The summed E-state index contributed by atoms with van der Waals surface area (Å²) >= 11 is 4.45. The molecule has 0 radical (unpaired) electrons. The van der Waals surface area contributed by atoms with Gasteiger partial charge < -0.3 is 15.0 Å². The minimum absolute atomic E-state index is 0.0523. The number of benzene rings is 2. The fourth-order valence-corrected chi connectivity index (χ4v) is 4.52. The largest absolute Gasteiger partial charge is 0.478 e. The summed E-state index contributed by atoms with van der Waals surface area (Å²) in [6, 6.07) is 11.1. The number of nitrogens with one attached hydrogen (secondary N) is 1. The van der Waals surface area contributed by atoms with E-state index in [4.69, 9.17) is 10.1 Å². The smallest absolute Gasteiger partial charge is 0.335 e. The maximum atomic E-state index is 12.4. The van der Waals surface area contributed by atoms with E-state index in [1.54, 1.807) is 12.1 Å². The molecule has 1 aromatic heterocycles. The molecule has 1 unspecified atom stereocenters. The molecule has 0 aliphatic heterocycles. The quantitative estimate of drug-likeness (QED) is 0.366. The molecule has 6 nitrogen and oxygen atoms in total. The van der Waals surface area contributed by atoms with Crippen LogP contribution < -0.4 is 5.32 Å². The number of thiol groups is 1. The van der Waals surface area contributed by atoms with Gasteiger partial charge in [-0.25, -0.2) is 9.78 Å². The minimum atomic E-state index is -0.930. The second-order valence-electron chi connectivity index (χ2n) is 9.01. The lowest BCUT2D eigenvalue weighted by atomic mass is 10.1. The number of aromatic carboxylic acids is 1. The molecule has 7 heteroatoms. The first kappa shape index (κ1) is 24.8. The summed E-state index contributed by atoms with van der Waals surface area (Å²) in [5.74, 6) is 0.433. The number of nitrogens with zero attached hydrogens (tertiary/aromatic N) is 2. The van der Waals surface area contributed by atoms with Crippen molar-refractivity contribution in [2.75, 3.05) is 0 Å². The Hall–Kier alpha value is -2.80. The van der Waals surface area contributed by atoms with Crippen LogP contribution in [0, 0.1) is 12.8 Å². The number of rotatable bonds is 10. The van der Waals surface area contributed by atoms with Crippen molar-refractivity contribution in [3.63, 3.8) is 0 Å². The maximum absolute atomic E-state index is 12.4. The van der Waals surface area contributed by atoms with Gasteiger partial charge in [-0.2, -0.15) is 12.6 Å². The van der Waals surface area contributed by atoms with Crippen LogP contribution in [0.15, 0.2) is 36.4 Å². The molecule has 2 aromatic carbocycles. The van der Waals surface area contributed by atoms with Crippen molar-refractivity contribution in [1.82, 2.24) is 14.9 Å². The van der Waals surface area contributed by atoms with E-state index < -0.39 is 5.97 Å². The van der Waals surface area contributed by atoms with Gasteiger partial charge in [-0.05, 0) is 60.6 Å². The second kappa shape index (κ2) is 10.9. The molecule has 3 aromatic rings. The molecule has 0 fully saturated rings. The van der Waals surface area contributed by atoms with Crippen LogP contribution in [0.2, 0.25) is 0 Å². The zero-order valence-electron chi connectivity index (χ0n) is 19.8. The molecule has 0 aliphatic rings. The summed E-state index contributed by atoms with van der Waals surface area (Å²) in [5, 5.41) is 11.9. The van der Waals surface area contributed by atoms with Crippen LogP contribution in [0.25, 0.3) is 11.0 Å². The number of fused-ring (bicyclic) bond motifs is 1. The number of imidazole rings is 1. The van der Waals surface area contributed by atoms with E-state index in [1.165, 1.54) is 0 Å². The molecule has 0 aliphatic carbocycles. The zero-order valence-corrected chi connectivity index (χ0v) is 20.7. The summed E-state index contributed by atoms with van der Waals surface area (Å²) in [4.78, 5) is 28.5. The van der Waals surface area contributed by atoms with E-state index >= 15 is 0 Å². The Labute approximate surface area is 200 Å². The van der Waals surface area contributed by atoms with Gasteiger partial charge in [-0.1, -0.05) is 39.0 Å². The molecular weight excluding hydrogens is 434 g/mol. The number of aryl methyl sites for hydroxylation is 2. The molecule has 0 bridgehead atoms. The Bertz CT molecular complexity index is 1140. The van der Waals surface area contributed by atoms with E-state index in [0.29, 0.717) is 19.0 Å². The number of carboxylic acid groups (broad SMARTS) is 1. The number of hydrogen-bond donors (Lipinski definition) is 3.